The smallest absolute Gasteiger partial charge is 0.122 e. The Balaban J connectivity index is 2.03. The standard InChI is InChI=1S/C13H19NO/c1-10-3-4-12(11-5-6-11)9-13(10)15-8-2-7-14/h3-4,9,11H,2,5-8,14H2,1H3. The summed E-state index contributed by atoms with van der Waals surface area (Å²) in [6.07, 6.45) is 3.60. The van der Waals surface area contributed by atoms with Crippen molar-refractivity contribution >= 4 is 0 Å². The lowest BCUT2D eigenvalue weighted by Crippen LogP contribution is -2.06. The second-order valence-electron chi connectivity index (χ2n) is 4.29. The highest BCUT2D eigenvalue weighted by atomic mass is 16.5. The Bertz CT molecular complexity index is 331. The van der Waals surface area contributed by atoms with E-state index in [4.69, 9.17) is 10.5 Å². The Morgan fingerprint density at radius 2 is 2.20 bits per heavy atom. The number of hydrogen-bond acceptors (Lipinski definition) is 2. The van der Waals surface area contributed by atoms with Crippen molar-refractivity contribution in [2.24, 2.45) is 5.73 Å². The Hall–Kier alpha value is -1.02. The third-order valence-electron chi connectivity index (χ3n) is 2.87. The number of hydrogen-bond donors (Lipinski definition) is 1. The summed E-state index contributed by atoms with van der Waals surface area (Å²) in [5.74, 6) is 1.83. The molecule has 0 spiro atoms. The maximum absolute atomic E-state index is 5.72. The fraction of sp³-hybridized carbons (Fsp3) is 0.538. The van der Waals surface area contributed by atoms with E-state index in [9.17, 15) is 0 Å². The quantitative estimate of drug-likeness (QED) is 0.750. The van der Waals surface area contributed by atoms with Gasteiger partial charge in [0.25, 0.3) is 0 Å². The predicted octanol–water partition coefficient (Wildman–Crippen LogP) is 2.60. The second-order valence-corrected chi connectivity index (χ2v) is 4.29. The third kappa shape index (κ3) is 2.72. The van der Waals surface area contributed by atoms with E-state index in [1.54, 1.807) is 0 Å². The molecule has 0 aromatic heterocycles. The van der Waals surface area contributed by atoms with E-state index in [0.29, 0.717) is 6.54 Å². The normalized spacial score (nSPS) is 15.3. The van der Waals surface area contributed by atoms with Gasteiger partial charge in [-0.05, 0) is 55.8 Å². The lowest BCUT2D eigenvalue weighted by atomic mass is 10.1. The molecule has 0 unspecified atom stereocenters. The van der Waals surface area contributed by atoms with Gasteiger partial charge in [0.2, 0.25) is 0 Å². The Morgan fingerprint density at radius 3 is 2.87 bits per heavy atom. The van der Waals surface area contributed by atoms with Gasteiger partial charge in [0.15, 0.2) is 0 Å². The van der Waals surface area contributed by atoms with Gasteiger partial charge in [0, 0.05) is 0 Å². The molecule has 0 radical (unpaired) electrons. The van der Waals surface area contributed by atoms with Crippen LogP contribution in [0, 0.1) is 6.92 Å². The average Bonchev–Trinajstić information content (AvgIpc) is 3.05. The number of nitrogens with two attached hydrogens (primary N) is 1. The molecule has 0 atom stereocenters. The minimum atomic E-state index is 0.696. The lowest BCUT2D eigenvalue weighted by Gasteiger charge is -2.10. The number of aryl methyl sites for hydroxylation is 1. The minimum absolute atomic E-state index is 0.696. The highest BCUT2D eigenvalue weighted by Gasteiger charge is 2.23. The van der Waals surface area contributed by atoms with Gasteiger partial charge in [0.1, 0.15) is 5.75 Å². The van der Waals surface area contributed by atoms with Crippen molar-refractivity contribution in [2.75, 3.05) is 13.2 Å². The van der Waals surface area contributed by atoms with E-state index in [-0.39, 0.29) is 0 Å². The SMILES string of the molecule is Cc1ccc(C2CC2)cc1OCCCN. The summed E-state index contributed by atoms with van der Waals surface area (Å²) < 4.78 is 5.72. The minimum Gasteiger partial charge on any atom is -0.493 e. The van der Waals surface area contributed by atoms with Crippen LogP contribution in [-0.2, 0) is 0 Å². The summed E-state index contributed by atoms with van der Waals surface area (Å²) in [5.41, 5.74) is 8.09. The van der Waals surface area contributed by atoms with Crippen LogP contribution in [0.2, 0.25) is 0 Å². The van der Waals surface area contributed by atoms with Crippen molar-refractivity contribution in [3.8, 4) is 5.75 Å². The van der Waals surface area contributed by atoms with E-state index in [0.717, 1.165) is 24.7 Å². The van der Waals surface area contributed by atoms with Crippen LogP contribution in [0.3, 0.4) is 0 Å². The van der Waals surface area contributed by atoms with Crippen LogP contribution in [0.4, 0.5) is 0 Å². The number of ether oxygens (including phenoxy) is 1. The van der Waals surface area contributed by atoms with Crippen LogP contribution in [0.25, 0.3) is 0 Å². The van der Waals surface area contributed by atoms with Crippen molar-refractivity contribution in [3.05, 3.63) is 29.3 Å². The van der Waals surface area contributed by atoms with Crippen molar-refractivity contribution in [1.29, 1.82) is 0 Å². The molecular formula is C13H19NO. The van der Waals surface area contributed by atoms with Crippen LogP contribution in [0.5, 0.6) is 5.75 Å². The van der Waals surface area contributed by atoms with E-state index in [1.807, 2.05) is 0 Å². The molecule has 1 aromatic rings. The highest BCUT2D eigenvalue weighted by Crippen LogP contribution is 2.41. The van der Waals surface area contributed by atoms with Gasteiger partial charge >= 0.3 is 0 Å². The molecule has 0 saturated heterocycles. The van der Waals surface area contributed by atoms with Crippen LogP contribution >= 0.6 is 0 Å². The Labute approximate surface area is 91.4 Å². The molecule has 2 N–H and O–H groups in total. The van der Waals surface area contributed by atoms with Crippen molar-refractivity contribution in [1.82, 2.24) is 0 Å². The van der Waals surface area contributed by atoms with Crippen molar-refractivity contribution in [3.63, 3.8) is 0 Å². The second kappa shape index (κ2) is 4.67. The fourth-order valence-electron chi connectivity index (χ4n) is 1.71. The van der Waals surface area contributed by atoms with E-state index < -0.39 is 0 Å². The van der Waals surface area contributed by atoms with Crippen molar-refractivity contribution in [2.45, 2.75) is 32.1 Å². The average molecular weight is 205 g/mol. The van der Waals surface area contributed by atoms with Crippen LogP contribution in [0.1, 0.15) is 36.3 Å². The first-order valence-corrected chi connectivity index (χ1v) is 5.74. The molecule has 0 amide bonds. The van der Waals surface area contributed by atoms with Gasteiger partial charge in [-0.3, -0.25) is 0 Å². The molecule has 1 aromatic carbocycles. The monoisotopic (exact) mass is 205 g/mol. The Morgan fingerprint density at radius 1 is 1.40 bits per heavy atom. The molecule has 0 heterocycles. The molecule has 82 valence electrons. The summed E-state index contributed by atoms with van der Waals surface area (Å²) >= 11 is 0. The molecule has 2 heteroatoms. The molecule has 2 nitrogen and oxygen atoms in total. The molecule has 0 aliphatic heterocycles. The Kier molecular flexibility index (Phi) is 3.27. The van der Waals surface area contributed by atoms with Crippen LogP contribution in [-0.4, -0.2) is 13.2 Å². The molecule has 1 aliphatic rings. The molecule has 1 aliphatic carbocycles. The third-order valence-corrected chi connectivity index (χ3v) is 2.87. The zero-order valence-corrected chi connectivity index (χ0v) is 9.33. The predicted molar refractivity (Wildman–Crippen MR) is 62.3 cm³/mol. The highest BCUT2D eigenvalue weighted by molar-refractivity contribution is 5.39. The molecule has 1 saturated carbocycles. The fourth-order valence-corrected chi connectivity index (χ4v) is 1.71. The molecular weight excluding hydrogens is 186 g/mol. The summed E-state index contributed by atoms with van der Waals surface area (Å²) in [4.78, 5) is 0. The number of benzene rings is 1. The number of rotatable bonds is 5. The summed E-state index contributed by atoms with van der Waals surface area (Å²) in [5, 5.41) is 0. The van der Waals surface area contributed by atoms with Gasteiger partial charge in [-0.2, -0.15) is 0 Å². The topological polar surface area (TPSA) is 35.2 Å². The van der Waals surface area contributed by atoms with Crippen LogP contribution < -0.4 is 10.5 Å². The zero-order chi connectivity index (χ0) is 10.7. The molecule has 2 rings (SSSR count). The van der Waals surface area contributed by atoms with Gasteiger partial charge in [-0.15, -0.1) is 0 Å². The van der Waals surface area contributed by atoms with Crippen LogP contribution in [0.15, 0.2) is 18.2 Å². The molecule has 0 bridgehead atoms. The first-order valence-electron chi connectivity index (χ1n) is 5.74. The summed E-state index contributed by atoms with van der Waals surface area (Å²) in [6.45, 7) is 3.52. The molecule has 15 heavy (non-hydrogen) atoms. The van der Waals surface area contributed by atoms with E-state index >= 15 is 0 Å². The van der Waals surface area contributed by atoms with Gasteiger partial charge < -0.3 is 10.5 Å². The first kappa shape index (κ1) is 10.5. The lowest BCUT2D eigenvalue weighted by molar-refractivity contribution is 0.311. The van der Waals surface area contributed by atoms with Crippen molar-refractivity contribution < 1.29 is 4.74 Å². The van der Waals surface area contributed by atoms with Gasteiger partial charge in [0.05, 0.1) is 6.61 Å². The maximum Gasteiger partial charge on any atom is 0.122 e. The van der Waals surface area contributed by atoms with E-state index in [1.165, 1.54) is 24.0 Å². The summed E-state index contributed by atoms with van der Waals surface area (Å²) in [7, 11) is 0. The molecule has 1 fully saturated rings. The zero-order valence-electron chi connectivity index (χ0n) is 9.33. The first-order chi connectivity index (χ1) is 7.31. The largest absolute Gasteiger partial charge is 0.493 e. The summed E-state index contributed by atoms with van der Waals surface area (Å²) in [6, 6.07) is 6.58. The van der Waals surface area contributed by atoms with Gasteiger partial charge in [-0.1, -0.05) is 12.1 Å². The maximum atomic E-state index is 5.72. The van der Waals surface area contributed by atoms with Gasteiger partial charge in [-0.25, -0.2) is 0 Å². The van der Waals surface area contributed by atoms with E-state index in [2.05, 4.69) is 25.1 Å².